The van der Waals surface area contributed by atoms with Gasteiger partial charge in [-0.1, -0.05) is 46.9 Å². The van der Waals surface area contributed by atoms with Gasteiger partial charge in [-0.25, -0.2) is 0 Å². The van der Waals surface area contributed by atoms with Crippen molar-refractivity contribution in [2.24, 2.45) is 0 Å². The topological polar surface area (TPSA) is 35.2 Å². The number of anilines is 1. The zero-order valence-corrected chi connectivity index (χ0v) is 11.6. The molecule has 0 fully saturated rings. The summed E-state index contributed by atoms with van der Waals surface area (Å²) >= 11 is 18.0. The van der Waals surface area contributed by atoms with Crippen LogP contribution in [0.15, 0.2) is 36.4 Å². The quantitative estimate of drug-likeness (QED) is 0.826. The van der Waals surface area contributed by atoms with E-state index in [2.05, 4.69) is 0 Å². The molecule has 0 aliphatic carbocycles. The fourth-order valence-corrected chi connectivity index (χ4v) is 2.20. The molecule has 0 amide bonds. The minimum Gasteiger partial charge on any atom is -0.486 e. The van der Waals surface area contributed by atoms with Crippen LogP contribution in [0.3, 0.4) is 0 Å². The molecule has 2 rings (SSSR count). The van der Waals surface area contributed by atoms with Gasteiger partial charge in [-0.05, 0) is 24.3 Å². The Balaban J connectivity index is 2.16. The molecule has 0 aliphatic rings. The van der Waals surface area contributed by atoms with Crippen LogP contribution in [0.25, 0.3) is 0 Å². The normalized spacial score (nSPS) is 10.4. The minimum absolute atomic E-state index is 0.280. The van der Waals surface area contributed by atoms with E-state index < -0.39 is 0 Å². The summed E-state index contributed by atoms with van der Waals surface area (Å²) < 4.78 is 5.59. The molecule has 0 bridgehead atoms. The third kappa shape index (κ3) is 3.02. The lowest BCUT2D eigenvalue weighted by Gasteiger charge is -2.11. The highest BCUT2D eigenvalue weighted by Crippen LogP contribution is 2.33. The molecule has 0 atom stereocenters. The van der Waals surface area contributed by atoms with Crippen LogP contribution < -0.4 is 10.5 Å². The SMILES string of the molecule is Nc1ccc(COc2c(Cl)cccc2Cl)c(Cl)c1. The van der Waals surface area contributed by atoms with E-state index in [9.17, 15) is 0 Å². The number of halogens is 3. The third-order valence-corrected chi connectivity index (χ3v) is 3.32. The van der Waals surface area contributed by atoms with Gasteiger partial charge in [-0.15, -0.1) is 0 Å². The lowest BCUT2D eigenvalue weighted by Crippen LogP contribution is -1.98. The van der Waals surface area contributed by atoms with E-state index in [0.29, 0.717) is 26.5 Å². The van der Waals surface area contributed by atoms with Crippen molar-refractivity contribution in [1.29, 1.82) is 0 Å². The van der Waals surface area contributed by atoms with Crippen LogP contribution in [0, 0.1) is 0 Å². The fourth-order valence-electron chi connectivity index (χ4n) is 1.45. The minimum atomic E-state index is 0.280. The van der Waals surface area contributed by atoms with E-state index in [1.165, 1.54) is 0 Å². The van der Waals surface area contributed by atoms with Gasteiger partial charge in [-0.2, -0.15) is 0 Å². The van der Waals surface area contributed by atoms with Crippen molar-refractivity contribution in [2.45, 2.75) is 6.61 Å². The first kappa shape index (κ1) is 13.3. The average Bonchev–Trinajstić information content (AvgIpc) is 2.31. The second kappa shape index (κ2) is 5.70. The van der Waals surface area contributed by atoms with E-state index in [0.717, 1.165) is 5.56 Å². The molecule has 5 heteroatoms. The highest BCUT2D eigenvalue weighted by atomic mass is 35.5. The van der Waals surface area contributed by atoms with E-state index in [4.69, 9.17) is 45.3 Å². The predicted molar refractivity (Wildman–Crippen MR) is 76.7 cm³/mol. The molecule has 2 aromatic rings. The molecule has 0 aromatic heterocycles. The van der Waals surface area contributed by atoms with Crippen molar-refractivity contribution in [2.75, 3.05) is 5.73 Å². The molecular formula is C13H10Cl3NO. The Morgan fingerprint density at radius 2 is 1.61 bits per heavy atom. The zero-order valence-electron chi connectivity index (χ0n) is 9.29. The number of ether oxygens (including phenoxy) is 1. The van der Waals surface area contributed by atoms with Crippen molar-refractivity contribution in [3.05, 3.63) is 57.0 Å². The zero-order chi connectivity index (χ0) is 13.1. The molecule has 0 heterocycles. The summed E-state index contributed by atoms with van der Waals surface area (Å²) in [5.41, 5.74) is 7.05. The summed E-state index contributed by atoms with van der Waals surface area (Å²) in [4.78, 5) is 0. The van der Waals surface area contributed by atoms with Gasteiger partial charge in [0.05, 0.1) is 10.0 Å². The van der Waals surface area contributed by atoms with Gasteiger partial charge in [0.1, 0.15) is 6.61 Å². The smallest absolute Gasteiger partial charge is 0.156 e. The van der Waals surface area contributed by atoms with Crippen molar-refractivity contribution < 1.29 is 4.74 Å². The summed E-state index contributed by atoms with van der Waals surface area (Å²) in [6.07, 6.45) is 0. The molecule has 2 N–H and O–H groups in total. The van der Waals surface area contributed by atoms with E-state index in [-0.39, 0.29) is 6.61 Å². The van der Waals surface area contributed by atoms with E-state index in [1.807, 2.05) is 6.07 Å². The predicted octanol–water partition coefficient (Wildman–Crippen LogP) is 4.81. The summed E-state index contributed by atoms with van der Waals surface area (Å²) in [6.45, 7) is 0.280. The van der Waals surface area contributed by atoms with Crippen LogP contribution in [0.4, 0.5) is 5.69 Å². The monoisotopic (exact) mass is 301 g/mol. The van der Waals surface area contributed by atoms with Crippen molar-refractivity contribution in [1.82, 2.24) is 0 Å². The Bertz CT molecular complexity index is 552. The molecule has 94 valence electrons. The molecule has 0 spiro atoms. The first-order valence-corrected chi connectivity index (χ1v) is 6.32. The van der Waals surface area contributed by atoms with Gasteiger partial charge < -0.3 is 10.5 Å². The van der Waals surface area contributed by atoms with Crippen LogP contribution >= 0.6 is 34.8 Å². The number of hydrogen-bond acceptors (Lipinski definition) is 2. The number of para-hydroxylation sites is 1. The van der Waals surface area contributed by atoms with Crippen LogP contribution in [0.2, 0.25) is 15.1 Å². The van der Waals surface area contributed by atoms with Crippen molar-refractivity contribution in [3.8, 4) is 5.75 Å². The summed E-state index contributed by atoms with van der Waals surface area (Å²) in [5.74, 6) is 0.453. The Kier molecular flexibility index (Phi) is 4.23. The van der Waals surface area contributed by atoms with E-state index >= 15 is 0 Å². The molecule has 2 nitrogen and oxygen atoms in total. The Morgan fingerprint density at radius 3 is 2.22 bits per heavy atom. The van der Waals surface area contributed by atoms with E-state index in [1.54, 1.807) is 30.3 Å². The lowest BCUT2D eigenvalue weighted by atomic mass is 10.2. The maximum Gasteiger partial charge on any atom is 0.156 e. The largest absolute Gasteiger partial charge is 0.486 e. The van der Waals surface area contributed by atoms with Crippen LogP contribution in [0.1, 0.15) is 5.56 Å². The second-order valence-electron chi connectivity index (χ2n) is 3.69. The van der Waals surface area contributed by atoms with Crippen molar-refractivity contribution >= 4 is 40.5 Å². The van der Waals surface area contributed by atoms with Crippen molar-refractivity contribution in [3.63, 3.8) is 0 Å². The van der Waals surface area contributed by atoms with Crippen LogP contribution in [0.5, 0.6) is 5.75 Å². The maximum absolute atomic E-state index is 6.05. The van der Waals surface area contributed by atoms with Gasteiger partial charge in [0, 0.05) is 16.3 Å². The molecule has 0 aliphatic heterocycles. The molecule has 0 saturated heterocycles. The van der Waals surface area contributed by atoms with Crippen LogP contribution in [-0.4, -0.2) is 0 Å². The summed E-state index contributed by atoms with van der Waals surface area (Å²) in [5, 5.41) is 1.49. The molecule has 0 unspecified atom stereocenters. The van der Waals surface area contributed by atoms with Gasteiger partial charge in [0.25, 0.3) is 0 Å². The molecule has 0 radical (unpaired) electrons. The third-order valence-electron chi connectivity index (χ3n) is 2.37. The maximum atomic E-state index is 6.05. The fraction of sp³-hybridized carbons (Fsp3) is 0.0769. The first-order chi connectivity index (χ1) is 8.58. The summed E-state index contributed by atoms with van der Waals surface area (Å²) in [7, 11) is 0. The van der Waals surface area contributed by atoms with Gasteiger partial charge in [-0.3, -0.25) is 0 Å². The Morgan fingerprint density at radius 1 is 0.944 bits per heavy atom. The number of hydrogen-bond donors (Lipinski definition) is 1. The van der Waals surface area contributed by atoms with Gasteiger partial charge in [0.15, 0.2) is 5.75 Å². The molecular weight excluding hydrogens is 293 g/mol. The van der Waals surface area contributed by atoms with Gasteiger partial charge >= 0.3 is 0 Å². The molecule has 18 heavy (non-hydrogen) atoms. The second-order valence-corrected chi connectivity index (χ2v) is 4.91. The number of benzene rings is 2. The summed E-state index contributed by atoms with van der Waals surface area (Å²) in [6, 6.07) is 10.4. The number of rotatable bonds is 3. The Hall–Kier alpha value is -1.09. The molecule has 2 aromatic carbocycles. The first-order valence-electron chi connectivity index (χ1n) is 5.18. The molecule has 0 saturated carbocycles. The Labute approximate surface area is 120 Å². The highest BCUT2D eigenvalue weighted by Gasteiger charge is 2.08. The number of nitrogen functional groups attached to an aromatic ring is 1. The number of nitrogens with two attached hydrogens (primary N) is 1. The standard InChI is InChI=1S/C13H10Cl3NO/c14-10-2-1-3-11(15)13(10)18-7-8-4-5-9(17)6-12(8)16/h1-6H,7,17H2. The van der Waals surface area contributed by atoms with Gasteiger partial charge in [0.2, 0.25) is 0 Å². The lowest BCUT2D eigenvalue weighted by molar-refractivity contribution is 0.307. The van der Waals surface area contributed by atoms with Crippen LogP contribution in [-0.2, 0) is 6.61 Å². The average molecular weight is 303 g/mol. The highest BCUT2D eigenvalue weighted by molar-refractivity contribution is 6.37.